The molecule has 0 amide bonds. The fourth-order valence-electron chi connectivity index (χ4n) is 1.24. The molecule has 1 N–H and O–H groups in total. The van der Waals surface area contributed by atoms with E-state index in [9.17, 15) is 21.6 Å². The van der Waals surface area contributed by atoms with Crippen molar-refractivity contribution in [1.29, 1.82) is 0 Å². The molecule has 0 spiro atoms. The fraction of sp³-hybridized carbons (Fsp3) is 0.556. The molecule has 0 atom stereocenters. The summed E-state index contributed by atoms with van der Waals surface area (Å²) >= 11 is 0.959. The predicted octanol–water partition coefficient (Wildman–Crippen LogP) is -0.00750. The second kappa shape index (κ2) is 6.50. The number of hydrogen-bond donors (Lipinski definition) is 1. The molecule has 20 heavy (non-hydrogen) atoms. The highest BCUT2D eigenvalue weighted by atomic mass is 32.3. The molecule has 0 aromatic carbocycles. The molecular formula is C9H14N2O6S3. The van der Waals surface area contributed by atoms with Crippen LogP contribution >= 0.6 is 11.3 Å². The number of sulfone groups is 1. The summed E-state index contributed by atoms with van der Waals surface area (Å²) in [5, 5.41) is 0.482. The highest BCUT2D eigenvalue weighted by Gasteiger charge is 2.19. The van der Waals surface area contributed by atoms with E-state index in [1.807, 2.05) is 4.72 Å². The number of hydrogen-bond acceptors (Lipinski definition) is 8. The average molecular weight is 342 g/mol. The van der Waals surface area contributed by atoms with Crippen molar-refractivity contribution in [2.75, 3.05) is 22.7 Å². The normalized spacial score (nSPS) is 12.1. The largest absolute Gasteiger partial charge is 0.466 e. The molecule has 114 valence electrons. The molecule has 1 aromatic rings. The molecule has 0 unspecified atom stereocenters. The first-order valence-corrected chi connectivity index (χ1v) is 9.99. The van der Waals surface area contributed by atoms with Crippen LogP contribution in [0.3, 0.4) is 0 Å². The van der Waals surface area contributed by atoms with Gasteiger partial charge in [0.2, 0.25) is 10.0 Å². The number of nitrogens with zero attached hydrogens (tertiary/aromatic N) is 1. The minimum atomic E-state index is -4.02. The van der Waals surface area contributed by atoms with Crippen LogP contribution in [0, 0.1) is 0 Å². The van der Waals surface area contributed by atoms with Crippen molar-refractivity contribution in [2.24, 2.45) is 0 Å². The van der Waals surface area contributed by atoms with Crippen molar-refractivity contribution in [3.05, 3.63) is 11.1 Å². The van der Waals surface area contributed by atoms with Crippen LogP contribution in [0.15, 0.2) is 5.38 Å². The molecule has 0 aliphatic heterocycles. The van der Waals surface area contributed by atoms with Crippen LogP contribution in [0.4, 0.5) is 5.13 Å². The van der Waals surface area contributed by atoms with E-state index in [1.165, 1.54) is 5.38 Å². The van der Waals surface area contributed by atoms with E-state index in [0.717, 1.165) is 17.6 Å². The first kappa shape index (κ1) is 16.9. The van der Waals surface area contributed by atoms with Gasteiger partial charge in [0, 0.05) is 11.6 Å². The van der Waals surface area contributed by atoms with Crippen LogP contribution in [0.5, 0.6) is 0 Å². The van der Waals surface area contributed by atoms with Crippen LogP contribution in [0.25, 0.3) is 0 Å². The highest BCUT2D eigenvalue weighted by Crippen LogP contribution is 2.18. The lowest BCUT2D eigenvalue weighted by molar-refractivity contribution is -0.142. The molecule has 1 rings (SSSR count). The summed E-state index contributed by atoms with van der Waals surface area (Å²) in [6, 6.07) is 0. The molecule has 0 saturated carbocycles. The zero-order valence-electron chi connectivity index (χ0n) is 10.8. The summed E-state index contributed by atoms with van der Waals surface area (Å²) in [4.78, 5) is 15.1. The molecule has 8 nitrogen and oxygen atoms in total. The summed E-state index contributed by atoms with van der Waals surface area (Å²) in [7, 11) is -7.69. The first-order chi connectivity index (χ1) is 9.11. The third kappa shape index (κ3) is 6.30. The number of carbonyl (C=O) groups excluding carboxylic acids is 1. The number of ether oxygens (including phenoxy) is 1. The van der Waals surface area contributed by atoms with E-state index in [1.54, 1.807) is 6.92 Å². The lowest BCUT2D eigenvalue weighted by atomic mass is 10.3. The number of anilines is 1. The van der Waals surface area contributed by atoms with Gasteiger partial charge in [-0.3, -0.25) is 9.52 Å². The van der Waals surface area contributed by atoms with E-state index in [4.69, 9.17) is 4.74 Å². The van der Waals surface area contributed by atoms with Crippen LogP contribution in [0.2, 0.25) is 0 Å². The van der Waals surface area contributed by atoms with Crippen molar-refractivity contribution >= 4 is 42.3 Å². The van der Waals surface area contributed by atoms with Gasteiger partial charge in [-0.25, -0.2) is 21.8 Å². The molecule has 1 heterocycles. The molecule has 0 fully saturated rings. The van der Waals surface area contributed by atoms with Gasteiger partial charge in [0.15, 0.2) is 20.1 Å². The molecule has 0 aliphatic carbocycles. The van der Waals surface area contributed by atoms with Crippen molar-refractivity contribution in [2.45, 2.75) is 13.3 Å². The van der Waals surface area contributed by atoms with Crippen molar-refractivity contribution in [1.82, 2.24) is 4.98 Å². The Kier molecular flexibility index (Phi) is 5.48. The monoisotopic (exact) mass is 342 g/mol. The number of thiazole rings is 1. The van der Waals surface area contributed by atoms with E-state index in [0.29, 0.717) is 5.69 Å². The zero-order valence-corrected chi connectivity index (χ0v) is 13.3. The van der Waals surface area contributed by atoms with Gasteiger partial charge in [0.05, 0.1) is 18.7 Å². The maximum Gasteiger partial charge on any atom is 0.311 e. The van der Waals surface area contributed by atoms with Crippen molar-refractivity contribution < 1.29 is 26.4 Å². The Morgan fingerprint density at radius 1 is 1.40 bits per heavy atom. The third-order valence-corrected chi connectivity index (χ3v) is 6.19. The second-order valence-corrected chi connectivity index (χ2v) is 8.97. The quantitative estimate of drug-likeness (QED) is 0.692. The summed E-state index contributed by atoms with van der Waals surface area (Å²) < 4.78 is 51.8. The Morgan fingerprint density at radius 2 is 2.05 bits per heavy atom. The predicted molar refractivity (Wildman–Crippen MR) is 74.7 cm³/mol. The Balaban J connectivity index is 2.71. The molecule has 0 aliphatic rings. The standard InChI is InChI=1S/C9H14N2O6S3/c1-3-17-8(12)4-7-5-18-9(10-7)11-20(15,16)6-19(2,13)14/h5H,3-4,6H2,1-2H3,(H,10,11). The smallest absolute Gasteiger partial charge is 0.311 e. The number of sulfonamides is 1. The van der Waals surface area contributed by atoms with E-state index >= 15 is 0 Å². The van der Waals surface area contributed by atoms with Crippen molar-refractivity contribution in [3.63, 3.8) is 0 Å². The van der Waals surface area contributed by atoms with Crippen LogP contribution < -0.4 is 4.72 Å². The number of carbonyl (C=O) groups is 1. The SMILES string of the molecule is CCOC(=O)Cc1csc(NS(=O)(=O)CS(C)(=O)=O)n1. The minimum Gasteiger partial charge on any atom is -0.466 e. The van der Waals surface area contributed by atoms with Crippen molar-refractivity contribution in [3.8, 4) is 0 Å². The molecule has 11 heteroatoms. The topological polar surface area (TPSA) is 119 Å². The molecular weight excluding hydrogens is 328 g/mol. The fourth-order valence-corrected chi connectivity index (χ4v) is 5.17. The van der Waals surface area contributed by atoms with Gasteiger partial charge < -0.3 is 4.74 Å². The van der Waals surface area contributed by atoms with Gasteiger partial charge in [0.1, 0.15) is 0 Å². The lowest BCUT2D eigenvalue weighted by Gasteiger charge is -2.03. The maximum atomic E-state index is 11.5. The van der Waals surface area contributed by atoms with Gasteiger partial charge >= 0.3 is 5.97 Å². The van der Waals surface area contributed by atoms with Gasteiger partial charge in [-0.15, -0.1) is 11.3 Å². The first-order valence-electron chi connectivity index (χ1n) is 5.39. The molecule has 1 aromatic heterocycles. The Hall–Kier alpha value is -1.20. The summed E-state index contributed by atoms with van der Waals surface area (Å²) in [6.07, 6.45) is 0.748. The Labute approximate surface area is 121 Å². The number of aromatic nitrogens is 1. The Morgan fingerprint density at radius 3 is 2.60 bits per heavy atom. The van der Waals surface area contributed by atoms with Gasteiger partial charge in [-0.1, -0.05) is 0 Å². The number of esters is 1. The number of rotatable bonds is 7. The summed E-state index contributed by atoms with van der Waals surface area (Å²) in [5.41, 5.74) is 0.352. The average Bonchev–Trinajstić information content (AvgIpc) is 2.60. The summed E-state index contributed by atoms with van der Waals surface area (Å²) in [6.45, 7) is 1.92. The van der Waals surface area contributed by atoms with Gasteiger partial charge in [-0.2, -0.15) is 0 Å². The van der Waals surface area contributed by atoms with E-state index in [-0.39, 0.29) is 18.2 Å². The molecule has 0 bridgehead atoms. The van der Waals surface area contributed by atoms with E-state index < -0.39 is 30.9 Å². The van der Waals surface area contributed by atoms with Crippen LogP contribution in [0.1, 0.15) is 12.6 Å². The Bertz CT molecular complexity index is 676. The minimum absolute atomic E-state index is 0.00736. The van der Waals surface area contributed by atoms with Gasteiger partial charge in [-0.05, 0) is 6.92 Å². The molecule has 0 saturated heterocycles. The zero-order chi connectivity index (χ0) is 15.4. The third-order valence-electron chi connectivity index (χ3n) is 1.79. The summed E-state index contributed by atoms with van der Waals surface area (Å²) in [5.74, 6) is -0.469. The highest BCUT2D eigenvalue weighted by molar-refractivity contribution is 8.08. The maximum absolute atomic E-state index is 11.5. The van der Waals surface area contributed by atoms with Gasteiger partial charge in [0.25, 0.3) is 0 Å². The number of nitrogens with one attached hydrogen (secondary N) is 1. The van der Waals surface area contributed by atoms with E-state index in [2.05, 4.69) is 4.98 Å². The lowest BCUT2D eigenvalue weighted by Crippen LogP contribution is -2.22. The van der Waals surface area contributed by atoms with Crippen LogP contribution in [-0.2, 0) is 35.8 Å². The van der Waals surface area contributed by atoms with Crippen LogP contribution in [-0.4, -0.2) is 45.7 Å². The second-order valence-electron chi connectivity index (χ2n) is 3.89. The molecule has 0 radical (unpaired) electrons.